The SMILES string of the molecule is COC(=O)c1cc(Br)cc2c(N=C(c3ccccc3)c3ccccc3)nn(C(=O)OC(C)(C)C)c12. The first-order chi connectivity index (χ1) is 16.7. The zero-order valence-electron chi connectivity index (χ0n) is 19.8. The maximum absolute atomic E-state index is 13.1. The molecule has 1 heterocycles. The molecule has 4 aromatic rings. The number of ether oxygens (including phenoxy) is 2. The number of nitrogens with zero attached hydrogens (tertiary/aromatic N) is 3. The number of benzene rings is 3. The summed E-state index contributed by atoms with van der Waals surface area (Å²) in [6.07, 6.45) is -0.725. The van der Waals surface area contributed by atoms with Crippen LogP contribution in [0.4, 0.5) is 10.6 Å². The molecule has 0 aliphatic rings. The van der Waals surface area contributed by atoms with Gasteiger partial charge in [0.1, 0.15) is 5.60 Å². The summed E-state index contributed by atoms with van der Waals surface area (Å²) in [5.74, 6) is -0.345. The van der Waals surface area contributed by atoms with Crippen molar-refractivity contribution in [2.24, 2.45) is 4.99 Å². The summed E-state index contributed by atoms with van der Waals surface area (Å²) in [6, 6.07) is 22.7. The number of carbonyl (C=O) groups excluding carboxylic acids is 2. The fourth-order valence-electron chi connectivity index (χ4n) is 3.58. The molecule has 0 N–H and O–H groups in total. The lowest BCUT2D eigenvalue weighted by molar-refractivity contribution is 0.0522. The van der Waals surface area contributed by atoms with Crippen molar-refractivity contribution in [2.45, 2.75) is 26.4 Å². The number of methoxy groups -OCH3 is 1. The van der Waals surface area contributed by atoms with Crippen LogP contribution in [0.25, 0.3) is 10.9 Å². The predicted molar refractivity (Wildman–Crippen MR) is 139 cm³/mol. The molecule has 8 heteroatoms. The molecule has 0 radical (unpaired) electrons. The van der Waals surface area contributed by atoms with Gasteiger partial charge < -0.3 is 9.47 Å². The van der Waals surface area contributed by atoms with Crippen LogP contribution >= 0.6 is 15.9 Å². The molecular weight excluding hydrogens is 510 g/mol. The molecule has 4 rings (SSSR count). The normalized spacial score (nSPS) is 11.2. The summed E-state index contributed by atoms with van der Waals surface area (Å²) < 4.78 is 12.2. The van der Waals surface area contributed by atoms with Crippen molar-refractivity contribution in [3.05, 3.63) is 94.0 Å². The molecule has 0 spiro atoms. The maximum atomic E-state index is 13.1. The minimum Gasteiger partial charge on any atom is -0.465 e. The third kappa shape index (κ3) is 5.33. The summed E-state index contributed by atoms with van der Waals surface area (Å²) in [6.45, 7) is 5.28. The molecule has 35 heavy (non-hydrogen) atoms. The minimum atomic E-state index is -0.765. The van der Waals surface area contributed by atoms with Crippen molar-refractivity contribution in [1.82, 2.24) is 9.78 Å². The number of esters is 1. The summed E-state index contributed by atoms with van der Waals surface area (Å²) in [4.78, 5) is 30.7. The zero-order valence-corrected chi connectivity index (χ0v) is 21.4. The highest BCUT2D eigenvalue weighted by molar-refractivity contribution is 9.10. The quantitative estimate of drug-likeness (QED) is 0.219. The Labute approximate surface area is 211 Å². The van der Waals surface area contributed by atoms with Crippen LogP contribution in [0.15, 0.2) is 82.3 Å². The van der Waals surface area contributed by atoms with Crippen molar-refractivity contribution < 1.29 is 19.1 Å². The van der Waals surface area contributed by atoms with Gasteiger partial charge in [0, 0.05) is 21.0 Å². The molecule has 178 valence electrons. The Bertz CT molecular complexity index is 1380. The molecule has 0 bridgehead atoms. The third-order valence-corrected chi connectivity index (χ3v) is 5.46. The van der Waals surface area contributed by atoms with Gasteiger partial charge in [0.15, 0.2) is 5.82 Å². The van der Waals surface area contributed by atoms with Crippen molar-refractivity contribution in [3.8, 4) is 0 Å². The van der Waals surface area contributed by atoms with E-state index in [0.717, 1.165) is 15.8 Å². The average molecular weight is 534 g/mol. The fourth-order valence-corrected chi connectivity index (χ4v) is 4.03. The van der Waals surface area contributed by atoms with Gasteiger partial charge in [-0.3, -0.25) is 0 Å². The smallest absolute Gasteiger partial charge is 0.435 e. The molecule has 0 fully saturated rings. The molecular formula is C27H24BrN3O4. The van der Waals surface area contributed by atoms with Gasteiger partial charge >= 0.3 is 12.1 Å². The first-order valence-electron chi connectivity index (χ1n) is 10.9. The second-order valence-electron chi connectivity index (χ2n) is 8.75. The largest absolute Gasteiger partial charge is 0.465 e. The van der Waals surface area contributed by atoms with Gasteiger partial charge in [0.05, 0.1) is 23.9 Å². The molecule has 1 aromatic heterocycles. The topological polar surface area (TPSA) is 82.8 Å². The van der Waals surface area contributed by atoms with Crippen molar-refractivity contribution >= 4 is 50.4 Å². The molecule has 0 aliphatic carbocycles. The van der Waals surface area contributed by atoms with E-state index in [4.69, 9.17) is 14.5 Å². The van der Waals surface area contributed by atoms with Crippen LogP contribution in [-0.2, 0) is 9.47 Å². The predicted octanol–water partition coefficient (Wildman–Crippen LogP) is 6.54. The molecule has 0 amide bonds. The Morgan fingerprint density at radius 3 is 2.03 bits per heavy atom. The van der Waals surface area contributed by atoms with Crippen molar-refractivity contribution in [1.29, 1.82) is 0 Å². The average Bonchev–Trinajstić information content (AvgIpc) is 3.19. The monoisotopic (exact) mass is 533 g/mol. The highest BCUT2D eigenvalue weighted by atomic mass is 79.9. The zero-order chi connectivity index (χ0) is 25.2. The van der Waals surface area contributed by atoms with E-state index in [1.807, 2.05) is 60.7 Å². The number of hydrogen-bond acceptors (Lipinski definition) is 6. The number of aliphatic imine (C=N–C) groups is 1. The van der Waals surface area contributed by atoms with Gasteiger partial charge in [0.2, 0.25) is 0 Å². The second kappa shape index (κ2) is 9.84. The lowest BCUT2D eigenvalue weighted by Gasteiger charge is -2.19. The van der Waals surface area contributed by atoms with Crippen LogP contribution < -0.4 is 0 Å². The van der Waals surface area contributed by atoms with Crippen LogP contribution in [0, 0.1) is 0 Å². The maximum Gasteiger partial charge on any atom is 0.435 e. The van der Waals surface area contributed by atoms with E-state index in [1.54, 1.807) is 32.9 Å². The number of fused-ring (bicyclic) bond motifs is 1. The Morgan fingerprint density at radius 1 is 0.943 bits per heavy atom. The van der Waals surface area contributed by atoms with E-state index in [1.165, 1.54) is 7.11 Å². The Kier molecular flexibility index (Phi) is 6.84. The first kappa shape index (κ1) is 24.3. The molecule has 0 aliphatic heterocycles. The summed E-state index contributed by atoms with van der Waals surface area (Å²) in [5, 5.41) is 5.00. The van der Waals surface area contributed by atoms with E-state index >= 15 is 0 Å². The van der Waals surface area contributed by atoms with Gasteiger partial charge in [-0.15, -0.1) is 5.10 Å². The first-order valence-corrected chi connectivity index (χ1v) is 11.7. The number of carbonyl (C=O) groups is 2. The highest BCUT2D eigenvalue weighted by Gasteiger charge is 2.27. The van der Waals surface area contributed by atoms with E-state index < -0.39 is 17.7 Å². The number of aromatic nitrogens is 2. The molecule has 0 saturated carbocycles. The van der Waals surface area contributed by atoms with Gasteiger partial charge in [-0.05, 0) is 32.9 Å². The number of hydrogen-bond donors (Lipinski definition) is 0. The van der Waals surface area contributed by atoms with Crippen LogP contribution in [0.1, 0.15) is 42.3 Å². The second-order valence-corrected chi connectivity index (χ2v) is 9.66. The van der Waals surface area contributed by atoms with Crippen LogP contribution in [-0.4, -0.2) is 40.3 Å². The lowest BCUT2D eigenvalue weighted by Crippen LogP contribution is -2.28. The van der Waals surface area contributed by atoms with Crippen LogP contribution in [0.3, 0.4) is 0 Å². The van der Waals surface area contributed by atoms with E-state index in [2.05, 4.69) is 21.0 Å². The van der Waals surface area contributed by atoms with Crippen LogP contribution in [0.2, 0.25) is 0 Å². The lowest BCUT2D eigenvalue weighted by atomic mass is 10.0. The number of halogens is 1. The Balaban J connectivity index is 2.03. The molecule has 3 aromatic carbocycles. The Morgan fingerprint density at radius 2 is 1.51 bits per heavy atom. The fraction of sp³-hybridized carbons (Fsp3) is 0.185. The van der Waals surface area contributed by atoms with Gasteiger partial charge in [-0.2, -0.15) is 4.68 Å². The Hall–Kier alpha value is -3.78. The summed E-state index contributed by atoms with van der Waals surface area (Å²) in [7, 11) is 1.28. The van der Waals surface area contributed by atoms with Gasteiger partial charge in [0.25, 0.3) is 0 Å². The highest BCUT2D eigenvalue weighted by Crippen LogP contribution is 2.33. The molecule has 0 atom stereocenters. The van der Waals surface area contributed by atoms with Gasteiger partial charge in [-0.1, -0.05) is 76.6 Å². The number of rotatable bonds is 4. The van der Waals surface area contributed by atoms with Crippen molar-refractivity contribution in [3.63, 3.8) is 0 Å². The van der Waals surface area contributed by atoms with Crippen LogP contribution in [0.5, 0.6) is 0 Å². The summed E-state index contributed by atoms with van der Waals surface area (Å²) >= 11 is 3.46. The standard InChI is InChI=1S/C27H24BrN3O4/c1-27(2,3)35-26(33)31-23-20(15-19(28)16-21(23)25(32)34-4)24(30-31)29-22(17-11-7-5-8-12-17)18-13-9-6-10-14-18/h5-16H,1-4H3. The molecule has 0 saturated heterocycles. The van der Waals surface area contributed by atoms with E-state index in [0.29, 0.717) is 15.6 Å². The molecule has 0 unspecified atom stereocenters. The summed E-state index contributed by atoms with van der Waals surface area (Å²) in [5.41, 5.74) is 2.08. The third-order valence-electron chi connectivity index (χ3n) is 5.01. The minimum absolute atomic E-state index is 0.164. The van der Waals surface area contributed by atoms with E-state index in [-0.39, 0.29) is 16.9 Å². The molecule has 7 nitrogen and oxygen atoms in total. The van der Waals surface area contributed by atoms with E-state index in [9.17, 15) is 9.59 Å². The van der Waals surface area contributed by atoms with Crippen molar-refractivity contribution in [2.75, 3.05) is 7.11 Å². The van der Waals surface area contributed by atoms with Gasteiger partial charge in [-0.25, -0.2) is 14.6 Å².